The first-order valence-corrected chi connectivity index (χ1v) is 6.09. The van der Waals surface area contributed by atoms with Crippen LogP contribution in [0.4, 0.5) is 0 Å². The van der Waals surface area contributed by atoms with Crippen molar-refractivity contribution in [2.45, 2.75) is 26.3 Å². The van der Waals surface area contributed by atoms with Gasteiger partial charge < -0.3 is 5.73 Å². The first-order valence-electron chi connectivity index (χ1n) is 5.71. The second-order valence-corrected chi connectivity index (χ2v) is 4.77. The van der Waals surface area contributed by atoms with Gasteiger partial charge in [-0.1, -0.05) is 11.6 Å². The second-order valence-electron chi connectivity index (χ2n) is 4.41. The highest BCUT2D eigenvalue weighted by Crippen LogP contribution is 2.23. The van der Waals surface area contributed by atoms with E-state index in [1.165, 1.54) is 0 Å². The van der Waals surface area contributed by atoms with Gasteiger partial charge in [-0.05, 0) is 25.8 Å². The normalized spacial score (nSPS) is 12.7. The monoisotopic (exact) mass is 265 g/mol. The van der Waals surface area contributed by atoms with Crippen LogP contribution >= 0.6 is 11.6 Å². The number of rotatable bonds is 3. The van der Waals surface area contributed by atoms with Gasteiger partial charge in [0.15, 0.2) is 0 Å². The first-order chi connectivity index (χ1) is 8.49. The molecule has 1 unspecified atom stereocenters. The van der Waals surface area contributed by atoms with E-state index < -0.39 is 0 Å². The van der Waals surface area contributed by atoms with Gasteiger partial charge >= 0.3 is 0 Å². The molecule has 1 atom stereocenters. The summed E-state index contributed by atoms with van der Waals surface area (Å²) in [5, 5.41) is 4.88. The summed E-state index contributed by atoms with van der Waals surface area (Å²) in [6.07, 6.45) is 4.11. The van der Waals surface area contributed by atoms with Gasteiger partial charge in [0.05, 0.1) is 11.7 Å². The molecule has 0 aliphatic carbocycles. The topological polar surface area (TPSA) is 69.6 Å². The van der Waals surface area contributed by atoms with E-state index in [4.69, 9.17) is 17.3 Å². The van der Waals surface area contributed by atoms with Crippen LogP contribution in [0.3, 0.4) is 0 Å². The molecule has 6 heteroatoms. The highest BCUT2D eigenvalue weighted by Gasteiger charge is 2.17. The molecule has 2 aromatic rings. The van der Waals surface area contributed by atoms with Crippen molar-refractivity contribution in [2.75, 3.05) is 0 Å². The fourth-order valence-corrected chi connectivity index (χ4v) is 2.06. The largest absolute Gasteiger partial charge is 0.321 e. The fraction of sp³-hybridized carbons (Fsp3) is 0.417. The molecule has 0 aromatic carbocycles. The summed E-state index contributed by atoms with van der Waals surface area (Å²) in [4.78, 5) is 8.47. The summed E-state index contributed by atoms with van der Waals surface area (Å²) in [6.45, 7) is 3.86. The number of aryl methyl sites for hydroxylation is 3. The summed E-state index contributed by atoms with van der Waals surface area (Å²) in [5.74, 6) is 0.625. The molecule has 0 radical (unpaired) electrons. The van der Waals surface area contributed by atoms with Crippen molar-refractivity contribution in [2.24, 2.45) is 12.8 Å². The van der Waals surface area contributed by atoms with Crippen molar-refractivity contribution in [1.29, 1.82) is 0 Å². The Kier molecular flexibility index (Phi) is 3.63. The van der Waals surface area contributed by atoms with Gasteiger partial charge in [-0.2, -0.15) is 5.10 Å². The first kappa shape index (κ1) is 13.0. The zero-order valence-corrected chi connectivity index (χ0v) is 11.4. The van der Waals surface area contributed by atoms with Gasteiger partial charge in [0.25, 0.3) is 0 Å². The minimum atomic E-state index is -0.272. The Bertz CT molecular complexity index is 546. The van der Waals surface area contributed by atoms with E-state index in [2.05, 4.69) is 15.1 Å². The second kappa shape index (κ2) is 5.04. The number of nitrogens with zero attached hydrogens (tertiary/aromatic N) is 4. The smallest absolute Gasteiger partial charge is 0.145 e. The maximum absolute atomic E-state index is 6.17. The van der Waals surface area contributed by atoms with E-state index in [0.717, 1.165) is 16.8 Å². The van der Waals surface area contributed by atoms with Crippen LogP contribution in [0.25, 0.3) is 0 Å². The molecule has 18 heavy (non-hydrogen) atoms. The molecule has 2 heterocycles. The van der Waals surface area contributed by atoms with E-state index in [0.29, 0.717) is 17.4 Å². The lowest BCUT2D eigenvalue weighted by atomic mass is 10.1. The van der Waals surface area contributed by atoms with Crippen molar-refractivity contribution in [3.8, 4) is 0 Å². The molecular weight excluding hydrogens is 250 g/mol. The molecule has 96 valence electrons. The van der Waals surface area contributed by atoms with Crippen LogP contribution in [0.5, 0.6) is 0 Å². The minimum Gasteiger partial charge on any atom is -0.321 e. The van der Waals surface area contributed by atoms with Crippen LogP contribution in [0, 0.1) is 13.8 Å². The summed E-state index contributed by atoms with van der Waals surface area (Å²) in [7, 11) is 1.81. The Hall–Kier alpha value is -1.46. The molecule has 2 aromatic heterocycles. The molecule has 0 amide bonds. The number of nitrogens with two attached hydrogens (primary N) is 1. The van der Waals surface area contributed by atoms with Crippen LogP contribution in [-0.4, -0.2) is 19.7 Å². The average molecular weight is 266 g/mol. The molecule has 0 saturated carbocycles. The van der Waals surface area contributed by atoms with Gasteiger partial charge in [-0.15, -0.1) is 0 Å². The molecule has 5 nitrogen and oxygen atoms in total. The summed E-state index contributed by atoms with van der Waals surface area (Å²) in [6, 6.07) is -0.272. The highest BCUT2D eigenvalue weighted by molar-refractivity contribution is 6.30. The van der Waals surface area contributed by atoms with E-state index in [-0.39, 0.29) is 6.04 Å². The maximum Gasteiger partial charge on any atom is 0.145 e. The van der Waals surface area contributed by atoms with Gasteiger partial charge in [-0.3, -0.25) is 4.68 Å². The van der Waals surface area contributed by atoms with Crippen LogP contribution in [-0.2, 0) is 13.5 Å². The third-order valence-corrected chi connectivity index (χ3v) is 3.30. The Labute approximate surface area is 111 Å². The average Bonchev–Trinajstić information content (AvgIpc) is 2.57. The molecule has 2 rings (SSSR count). The Morgan fingerprint density at radius 2 is 1.94 bits per heavy atom. The van der Waals surface area contributed by atoms with Crippen molar-refractivity contribution in [3.05, 3.63) is 40.2 Å². The van der Waals surface area contributed by atoms with Gasteiger partial charge in [0, 0.05) is 25.0 Å². The number of hydrogen-bond donors (Lipinski definition) is 1. The van der Waals surface area contributed by atoms with Gasteiger partial charge in [0.1, 0.15) is 11.0 Å². The predicted molar refractivity (Wildman–Crippen MR) is 70.4 cm³/mol. The Balaban J connectivity index is 2.21. The van der Waals surface area contributed by atoms with Gasteiger partial charge in [0.2, 0.25) is 0 Å². The Morgan fingerprint density at radius 1 is 1.33 bits per heavy atom. The lowest BCUT2D eigenvalue weighted by molar-refractivity contribution is 0.663. The number of hydrogen-bond acceptors (Lipinski definition) is 4. The van der Waals surface area contributed by atoms with Crippen molar-refractivity contribution >= 4 is 11.6 Å². The van der Waals surface area contributed by atoms with Crippen molar-refractivity contribution < 1.29 is 0 Å². The molecule has 0 spiro atoms. The lowest BCUT2D eigenvalue weighted by Crippen LogP contribution is -2.17. The molecular formula is C12H16ClN5. The molecule has 0 bridgehead atoms. The van der Waals surface area contributed by atoms with E-state index in [1.807, 2.05) is 20.9 Å². The summed E-state index contributed by atoms with van der Waals surface area (Å²) >= 11 is 6.17. The lowest BCUT2D eigenvalue weighted by Gasteiger charge is -2.10. The minimum absolute atomic E-state index is 0.272. The Morgan fingerprint density at radius 3 is 2.44 bits per heavy atom. The number of halogens is 1. The van der Waals surface area contributed by atoms with E-state index in [1.54, 1.807) is 17.1 Å². The zero-order valence-electron chi connectivity index (χ0n) is 10.7. The third-order valence-electron chi connectivity index (χ3n) is 2.83. The van der Waals surface area contributed by atoms with E-state index in [9.17, 15) is 0 Å². The fourth-order valence-electron chi connectivity index (χ4n) is 1.81. The molecule has 0 aliphatic heterocycles. The molecule has 0 saturated heterocycles. The van der Waals surface area contributed by atoms with Gasteiger partial charge in [-0.25, -0.2) is 9.97 Å². The van der Waals surface area contributed by atoms with Crippen LogP contribution in [0.15, 0.2) is 12.4 Å². The van der Waals surface area contributed by atoms with Crippen LogP contribution in [0.1, 0.15) is 28.7 Å². The molecule has 0 aliphatic rings. The van der Waals surface area contributed by atoms with Crippen molar-refractivity contribution in [1.82, 2.24) is 19.7 Å². The highest BCUT2D eigenvalue weighted by atomic mass is 35.5. The van der Waals surface area contributed by atoms with Crippen LogP contribution in [0.2, 0.25) is 5.15 Å². The van der Waals surface area contributed by atoms with Crippen molar-refractivity contribution in [3.63, 3.8) is 0 Å². The quantitative estimate of drug-likeness (QED) is 0.917. The molecule has 0 fully saturated rings. The SMILES string of the molecule is Cc1cnc(C(N)Cc2c(C)nn(C)c2Cl)nc1. The summed E-state index contributed by atoms with van der Waals surface area (Å²) < 4.78 is 1.65. The van der Waals surface area contributed by atoms with Crippen LogP contribution < -0.4 is 5.73 Å². The maximum atomic E-state index is 6.17. The number of aromatic nitrogens is 4. The standard InChI is InChI=1S/C12H16ClN5/c1-7-5-15-12(16-6-7)10(14)4-9-8(2)17-18(3)11(9)13/h5-6,10H,4,14H2,1-3H3. The van der Waals surface area contributed by atoms with E-state index >= 15 is 0 Å². The zero-order chi connectivity index (χ0) is 13.3. The predicted octanol–water partition coefficient (Wildman–Crippen LogP) is 1.72. The molecule has 2 N–H and O–H groups in total. The third kappa shape index (κ3) is 2.52. The summed E-state index contributed by atoms with van der Waals surface area (Å²) in [5.41, 5.74) is 8.97.